The molecule has 0 bridgehead atoms. The van der Waals surface area contributed by atoms with E-state index in [2.05, 4.69) is 20.5 Å². The highest BCUT2D eigenvalue weighted by Gasteiger charge is 2.04. The summed E-state index contributed by atoms with van der Waals surface area (Å²) in [5, 5.41) is 4.82. The normalized spacial score (nSPS) is 11.4. The van der Waals surface area contributed by atoms with E-state index in [1.807, 2.05) is 60.7 Å². The third-order valence-corrected chi connectivity index (χ3v) is 3.72. The number of nitrogens with zero attached hydrogens (tertiary/aromatic N) is 2. The maximum absolute atomic E-state index is 6.00. The number of hydrogen-bond acceptors (Lipinski definition) is 4. The summed E-state index contributed by atoms with van der Waals surface area (Å²) < 4.78 is 5.74. The number of hydrazone groups is 1. The Morgan fingerprint density at radius 3 is 2.88 bits per heavy atom. The number of imidazole rings is 1. The van der Waals surface area contributed by atoms with Crippen molar-refractivity contribution in [2.75, 3.05) is 5.43 Å². The summed E-state index contributed by atoms with van der Waals surface area (Å²) in [6.45, 7) is 0. The Kier molecular flexibility index (Phi) is 3.76. The summed E-state index contributed by atoms with van der Waals surface area (Å²) in [5.41, 5.74) is 5.63. The number of furan rings is 1. The summed E-state index contributed by atoms with van der Waals surface area (Å²) in [7, 11) is 0. The SMILES string of the molecule is Clc1cccc(-c2ccc(/C=N\Nc3nc4ccccc4[nH]3)o2)c1. The first kappa shape index (κ1) is 14.5. The van der Waals surface area contributed by atoms with Crippen molar-refractivity contribution in [2.24, 2.45) is 5.10 Å². The predicted octanol–water partition coefficient (Wildman–Crippen LogP) is 4.92. The zero-order chi connectivity index (χ0) is 16.4. The number of benzene rings is 2. The standard InChI is InChI=1S/C18H13ClN4O/c19-13-5-3-4-12(10-13)17-9-8-14(24-17)11-20-23-18-21-15-6-1-2-7-16(15)22-18/h1-11H,(H2,21,22,23)/b20-11-. The maximum Gasteiger partial charge on any atom is 0.222 e. The number of para-hydroxylation sites is 2. The molecule has 0 fully saturated rings. The van der Waals surface area contributed by atoms with Gasteiger partial charge in [0.2, 0.25) is 5.95 Å². The number of nitrogens with one attached hydrogen (secondary N) is 2. The number of halogens is 1. The molecule has 0 unspecified atom stereocenters. The number of H-pyrrole nitrogens is 1. The van der Waals surface area contributed by atoms with Crippen molar-refractivity contribution in [3.63, 3.8) is 0 Å². The quantitative estimate of drug-likeness (QED) is 0.410. The van der Waals surface area contributed by atoms with Crippen LogP contribution in [0, 0.1) is 0 Å². The number of anilines is 1. The van der Waals surface area contributed by atoms with Crippen LogP contribution >= 0.6 is 11.6 Å². The van der Waals surface area contributed by atoms with Gasteiger partial charge in [-0.3, -0.25) is 0 Å². The maximum atomic E-state index is 6.00. The van der Waals surface area contributed by atoms with Gasteiger partial charge in [0.15, 0.2) is 0 Å². The molecular formula is C18H13ClN4O. The molecule has 0 aliphatic rings. The van der Waals surface area contributed by atoms with Gasteiger partial charge in [0.05, 0.1) is 17.2 Å². The molecule has 2 N–H and O–H groups in total. The Morgan fingerprint density at radius 1 is 1.08 bits per heavy atom. The van der Waals surface area contributed by atoms with Crippen LogP contribution in [0.5, 0.6) is 0 Å². The molecule has 4 aromatic rings. The molecule has 0 aliphatic heterocycles. The molecule has 0 aliphatic carbocycles. The van der Waals surface area contributed by atoms with E-state index in [1.165, 1.54) is 0 Å². The van der Waals surface area contributed by atoms with Crippen molar-refractivity contribution in [1.82, 2.24) is 9.97 Å². The van der Waals surface area contributed by atoms with Crippen LogP contribution in [0.4, 0.5) is 5.95 Å². The van der Waals surface area contributed by atoms with Crippen molar-refractivity contribution in [3.8, 4) is 11.3 Å². The van der Waals surface area contributed by atoms with Gasteiger partial charge in [-0.05, 0) is 36.4 Å². The first-order chi connectivity index (χ1) is 11.8. The average molecular weight is 337 g/mol. The predicted molar refractivity (Wildman–Crippen MR) is 96.5 cm³/mol. The number of aromatic amines is 1. The second kappa shape index (κ2) is 6.22. The number of aromatic nitrogens is 2. The Labute approximate surface area is 143 Å². The molecule has 2 heterocycles. The van der Waals surface area contributed by atoms with E-state index in [0.29, 0.717) is 16.7 Å². The van der Waals surface area contributed by atoms with Gasteiger partial charge in [0, 0.05) is 10.6 Å². The molecule has 0 spiro atoms. The summed E-state index contributed by atoms with van der Waals surface area (Å²) in [6, 6.07) is 19.0. The Morgan fingerprint density at radius 2 is 2.00 bits per heavy atom. The van der Waals surface area contributed by atoms with Gasteiger partial charge < -0.3 is 9.40 Å². The van der Waals surface area contributed by atoms with Crippen molar-refractivity contribution in [3.05, 3.63) is 71.4 Å². The number of fused-ring (bicyclic) bond motifs is 1. The fraction of sp³-hybridized carbons (Fsp3) is 0. The van der Waals surface area contributed by atoms with E-state index >= 15 is 0 Å². The fourth-order valence-corrected chi connectivity index (χ4v) is 2.57. The minimum Gasteiger partial charge on any atom is -0.455 e. The van der Waals surface area contributed by atoms with Crippen LogP contribution in [0.1, 0.15) is 5.76 Å². The second-order valence-corrected chi connectivity index (χ2v) is 5.62. The van der Waals surface area contributed by atoms with Crippen LogP contribution < -0.4 is 5.43 Å². The molecule has 0 atom stereocenters. The van der Waals surface area contributed by atoms with E-state index < -0.39 is 0 Å². The monoisotopic (exact) mass is 336 g/mol. The molecule has 6 heteroatoms. The minimum atomic E-state index is 0.578. The highest BCUT2D eigenvalue weighted by atomic mass is 35.5. The molecular weight excluding hydrogens is 324 g/mol. The van der Waals surface area contributed by atoms with Gasteiger partial charge in [-0.25, -0.2) is 10.4 Å². The summed E-state index contributed by atoms with van der Waals surface area (Å²) >= 11 is 6.00. The molecule has 0 radical (unpaired) electrons. The Balaban J connectivity index is 1.48. The van der Waals surface area contributed by atoms with Crippen LogP contribution in [0.25, 0.3) is 22.4 Å². The van der Waals surface area contributed by atoms with Crippen LogP contribution in [0.2, 0.25) is 5.02 Å². The summed E-state index contributed by atoms with van der Waals surface area (Å²) in [4.78, 5) is 7.52. The van der Waals surface area contributed by atoms with E-state index in [-0.39, 0.29) is 0 Å². The van der Waals surface area contributed by atoms with Gasteiger partial charge in [-0.2, -0.15) is 5.10 Å². The Bertz CT molecular complexity index is 985. The average Bonchev–Trinajstić information content (AvgIpc) is 3.21. The van der Waals surface area contributed by atoms with Crippen LogP contribution in [-0.2, 0) is 0 Å². The fourth-order valence-electron chi connectivity index (χ4n) is 2.38. The highest BCUT2D eigenvalue weighted by molar-refractivity contribution is 6.30. The molecule has 118 valence electrons. The summed E-state index contributed by atoms with van der Waals surface area (Å²) in [5.74, 6) is 1.95. The lowest BCUT2D eigenvalue weighted by Crippen LogP contribution is -1.91. The lowest BCUT2D eigenvalue weighted by molar-refractivity contribution is 0.575. The van der Waals surface area contributed by atoms with Gasteiger partial charge >= 0.3 is 0 Å². The van der Waals surface area contributed by atoms with Crippen molar-refractivity contribution < 1.29 is 4.42 Å². The van der Waals surface area contributed by atoms with Gasteiger partial charge in [-0.15, -0.1) is 0 Å². The van der Waals surface area contributed by atoms with Crippen molar-refractivity contribution in [1.29, 1.82) is 0 Å². The second-order valence-electron chi connectivity index (χ2n) is 5.18. The van der Waals surface area contributed by atoms with E-state index in [4.69, 9.17) is 16.0 Å². The topological polar surface area (TPSA) is 66.2 Å². The third-order valence-electron chi connectivity index (χ3n) is 3.49. The van der Waals surface area contributed by atoms with E-state index in [1.54, 1.807) is 6.21 Å². The molecule has 4 rings (SSSR count). The molecule has 5 nitrogen and oxygen atoms in total. The zero-order valence-electron chi connectivity index (χ0n) is 12.5. The largest absolute Gasteiger partial charge is 0.455 e. The molecule has 0 amide bonds. The van der Waals surface area contributed by atoms with Gasteiger partial charge in [0.25, 0.3) is 0 Å². The lowest BCUT2D eigenvalue weighted by atomic mass is 10.2. The van der Waals surface area contributed by atoms with Crippen molar-refractivity contribution in [2.45, 2.75) is 0 Å². The molecule has 2 aromatic carbocycles. The first-order valence-electron chi connectivity index (χ1n) is 7.37. The Hall–Kier alpha value is -3.05. The molecule has 0 saturated heterocycles. The van der Waals surface area contributed by atoms with E-state index in [0.717, 1.165) is 22.4 Å². The van der Waals surface area contributed by atoms with E-state index in [9.17, 15) is 0 Å². The minimum absolute atomic E-state index is 0.578. The first-order valence-corrected chi connectivity index (χ1v) is 7.75. The van der Waals surface area contributed by atoms with Crippen LogP contribution in [0.15, 0.2) is 70.2 Å². The van der Waals surface area contributed by atoms with Gasteiger partial charge in [-0.1, -0.05) is 35.9 Å². The molecule has 0 saturated carbocycles. The van der Waals surface area contributed by atoms with Crippen LogP contribution in [0.3, 0.4) is 0 Å². The third kappa shape index (κ3) is 3.02. The molecule has 2 aromatic heterocycles. The molecule has 24 heavy (non-hydrogen) atoms. The van der Waals surface area contributed by atoms with Crippen LogP contribution in [-0.4, -0.2) is 16.2 Å². The summed E-state index contributed by atoms with van der Waals surface area (Å²) in [6.07, 6.45) is 1.60. The van der Waals surface area contributed by atoms with Gasteiger partial charge in [0.1, 0.15) is 11.5 Å². The highest BCUT2D eigenvalue weighted by Crippen LogP contribution is 2.24. The number of rotatable bonds is 4. The van der Waals surface area contributed by atoms with Crippen molar-refractivity contribution >= 4 is 34.8 Å². The zero-order valence-corrected chi connectivity index (χ0v) is 13.3. The smallest absolute Gasteiger partial charge is 0.222 e. The lowest BCUT2D eigenvalue weighted by Gasteiger charge is -1.97. The number of hydrogen-bond donors (Lipinski definition) is 2.